The molecule has 3 fully saturated rings. The minimum Gasteiger partial charge on any atom is -0.394 e. The number of hydrogen-bond donors (Lipinski definition) is 3. The van der Waals surface area contributed by atoms with E-state index in [0.29, 0.717) is 17.7 Å². The number of rotatable bonds is 9. The molecule has 5 rings (SSSR count). The molecule has 1 spiro atoms. The molecule has 8 nitrogen and oxygen atoms in total. The highest BCUT2D eigenvalue weighted by Gasteiger charge is 2.77. The van der Waals surface area contributed by atoms with Crippen LogP contribution >= 0.6 is 15.9 Å². The largest absolute Gasteiger partial charge is 0.394 e. The van der Waals surface area contributed by atoms with E-state index >= 15 is 0 Å². The molecule has 202 valence electrons. The zero-order valence-electron chi connectivity index (χ0n) is 21.5. The number of aliphatic hydroxyl groups is 1. The average molecular weight is 585 g/mol. The van der Waals surface area contributed by atoms with Gasteiger partial charge in [-0.2, -0.15) is 0 Å². The Labute approximate surface area is 231 Å². The lowest BCUT2D eigenvalue weighted by atomic mass is 9.70. The average Bonchev–Trinajstić information content (AvgIpc) is 3.49. The third-order valence-corrected chi connectivity index (χ3v) is 8.97. The van der Waals surface area contributed by atoms with Crippen LogP contribution in [0.1, 0.15) is 44.7 Å². The molecule has 38 heavy (non-hydrogen) atoms. The van der Waals surface area contributed by atoms with Gasteiger partial charge in [0, 0.05) is 16.6 Å². The normalized spacial score (nSPS) is 31.1. The van der Waals surface area contributed by atoms with Crippen LogP contribution in [0.2, 0.25) is 0 Å². The van der Waals surface area contributed by atoms with Crippen LogP contribution in [0.5, 0.6) is 0 Å². The maximum absolute atomic E-state index is 14.3. The van der Waals surface area contributed by atoms with E-state index in [2.05, 4.69) is 26.6 Å². The van der Waals surface area contributed by atoms with E-state index in [1.807, 2.05) is 62.4 Å². The van der Waals surface area contributed by atoms with Crippen LogP contribution in [0, 0.1) is 11.8 Å². The first kappa shape index (κ1) is 26.8. The highest BCUT2D eigenvalue weighted by atomic mass is 79.9. The SMILES string of the molecule is CCCC(C)NC(=O)C1N([C@H](CO)c2ccccc2)C(=O)[C@@H]2[C@H](C(=O)Nc3ccccc3)[C@H]3OC12CC3Br. The van der Waals surface area contributed by atoms with Crippen LogP contribution < -0.4 is 10.6 Å². The van der Waals surface area contributed by atoms with E-state index in [9.17, 15) is 19.5 Å². The lowest BCUT2D eigenvalue weighted by Gasteiger charge is -2.37. The van der Waals surface area contributed by atoms with Crippen molar-refractivity contribution in [3.63, 3.8) is 0 Å². The topological polar surface area (TPSA) is 108 Å². The minimum absolute atomic E-state index is 0.0975. The van der Waals surface area contributed by atoms with Crippen LogP contribution in [-0.2, 0) is 19.1 Å². The lowest BCUT2D eigenvalue weighted by Crippen LogP contribution is -2.57. The highest BCUT2D eigenvalue weighted by molar-refractivity contribution is 9.09. The quantitative estimate of drug-likeness (QED) is 0.392. The number of nitrogens with zero attached hydrogens (tertiary/aromatic N) is 1. The van der Waals surface area contributed by atoms with Gasteiger partial charge in [-0.25, -0.2) is 0 Å². The molecule has 0 radical (unpaired) electrons. The van der Waals surface area contributed by atoms with Crippen molar-refractivity contribution < 1.29 is 24.2 Å². The van der Waals surface area contributed by atoms with Crippen LogP contribution in [0.15, 0.2) is 60.7 Å². The highest BCUT2D eigenvalue weighted by Crippen LogP contribution is 2.61. The van der Waals surface area contributed by atoms with Gasteiger partial charge in [-0.1, -0.05) is 77.8 Å². The van der Waals surface area contributed by atoms with Gasteiger partial charge in [0.05, 0.1) is 30.6 Å². The second-order valence-corrected chi connectivity index (χ2v) is 11.7. The third-order valence-electron chi connectivity index (χ3n) is 8.12. The number of aliphatic hydroxyl groups excluding tert-OH is 1. The van der Waals surface area contributed by atoms with Crippen molar-refractivity contribution in [3.05, 3.63) is 66.2 Å². The molecule has 4 unspecified atom stereocenters. The molecule has 3 heterocycles. The summed E-state index contributed by atoms with van der Waals surface area (Å²) in [7, 11) is 0. The standard InChI is InChI=1S/C29H34BrN3O5/c1-3-10-17(2)31-27(36)25-29-15-20(30)24(38-29)22(26(35)32-19-13-8-5-9-14-19)23(29)28(37)33(25)21(16-34)18-11-6-4-7-12-18/h4-9,11-14,17,20-25,34H,3,10,15-16H2,1-2H3,(H,31,36)(H,32,35)/t17?,20?,21-,22+,23+,24+,25?,29?/m1/s1. The molecule has 3 aliphatic heterocycles. The molecule has 2 aromatic rings. The number of nitrogens with one attached hydrogen (secondary N) is 2. The first-order valence-corrected chi connectivity index (χ1v) is 14.2. The van der Waals surface area contributed by atoms with Gasteiger partial charge in [0.2, 0.25) is 17.7 Å². The molecule has 3 amide bonds. The fourth-order valence-electron chi connectivity index (χ4n) is 6.61. The van der Waals surface area contributed by atoms with Gasteiger partial charge in [-0.3, -0.25) is 14.4 Å². The maximum Gasteiger partial charge on any atom is 0.246 e. The summed E-state index contributed by atoms with van der Waals surface area (Å²) in [5, 5.41) is 16.5. The van der Waals surface area contributed by atoms with Crippen molar-refractivity contribution in [1.29, 1.82) is 0 Å². The molecule has 3 aliphatic rings. The number of hydrogen-bond acceptors (Lipinski definition) is 5. The molecule has 0 saturated carbocycles. The van der Waals surface area contributed by atoms with Crippen LogP contribution in [0.25, 0.3) is 0 Å². The second-order valence-electron chi connectivity index (χ2n) is 10.6. The molecule has 3 N–H and O–H groups in total. The van der Waals surface area contributed by atoms with E-state index in [-0.39, 0.29) is 35.2 Å². The van der Waals surface area contributed by atoms with Gasteiger partial charge in [0.15, 0.2) is 0 Å². The number of fused-ring (bicyclic) bond motifs is 1. The zero-order valence-corrected chi connectivity index (χ0v) is 23.1. The molecule has 2 bridgehead atoms. The summed E-state index contributed by atoms with van der Waals surface area (Å²) in [5.41, 5.74) is 0.157. The summed E-state index contributed by atoms with van der Waals surface area (Å²) in [4.78, 5) is 43.2. The predicted octanol–water partition coefficient (Wildman–Crippen LogP) is 3.41. The summed E-state index contributed by atoms with van der Waals surface area (Å²) in [6.45, 7) is 3.62. The van der Waals surface area contributed by atoms with Crippen molar-refractivity contribution >= 4 is 39.3 Å². The molecule has 2 aromatic carbocycles. The molecule has 9 heteroatoms. The number of benzene rings is 2. The van der Waals surface area contributed by atoms with Gasteiger partial charge in [-0.05, 0) is 37.5 Å². The Morgan fingerprint density at radius 2 is 1.79 bits per heavy atom. The number of amides is 3. The third kappa shape index (κ3) is 4.44. The number of alkyl halides is 1. The summed E-state index contributed by atoms with van der Waals surface area (Å²) >= 11 is 3.70. The number of para-hydroxylation sites is 1. The molecule has 0 aromatic heterocycles. The van der Waals surface area contributed by atoms with Crippen molar-refractivity contribution in [2.45, 2.75) is 67.8 Å². The van der Waals surface area contributed by atoms with Gasteiger partial charge in [0.1, 0.15) is 11.6 Å². The van der Waals surface area contributed by atoms with E-state index < -0.39 is 35.6 Å². The number of carbonyl (C=O) groups is 3. The summed E-state index contributed by atoms with van der Waals surface area (Å²) in [5.74, 6) is -2.61. The van der Waals surface area contributed by atoms with E-state index in [1.54, 1.807) is 12.1 Å². The fourth-order valence-corrected chi connectivity index (χ4v) is 7.55. The predicted molar refractivity (Wildman–Crippen MR) is 146 cm³/mol. The lowest BCUT2D eigenvalue weighted by molar-refractivity contribution is -0.145. The Bertz CT molecular complexity index is 1180. The number of anilines is 1. The Morgan fingerprint density at radius 3 is 2.42 bits per heavy atom. The zero-order chi connectivity index (χ0) is 27.0. The van der Waals surface area contributed by atoms with Crippen molar-refractivity contribution in [2.24, 2.45) is 11.8 Å². The van der Waals surface area contributed by atoms with E-state index in [0.717, 1.165) is 12.8 Å². The van der Waals surface area contributed by atoms with Crippen molar-refractivity contribution in [2.75, 3.05) is 11.9 Å². The van der Waals surface area contributed by atoms with Gasteiger partial charge in [0.25, 0.3) is 0 Å². The summed E-state index contributed by atoms with van der Waals surface area (Å²) < 4.78 is 6.56. The smallest absolute Gasteiger partial charge is 0.246 e. The van der Waals surface area contributed by atoms with Crippen LogP contribution in [-0.4, -0.2) is 63.0 Å². The monoisotopic (exact) mass is 583 g/mol. The fraction of sp³-hybridized carbons (Fsp3) is 0.483. The Morgan fingerprint density at radius 1 is 1.13 bits per heavy atom. The van der Waals surface area contributed by atoms with Crippen LogP contribution in [0.4, 0.5) is 5.69 Å². The molecule has 0 aliphatic carbocycles. The minimum atomic E-state index is -1.19. The Hall–Kier alpha value is -2.75. The summed E-state index contributed by atoms with van der Waals surface area (Å²) in [6, 6.07) is 16.5. The van der Waals surface area contributed by atoms with Crippen LogP contribution in [0.3, 0.4) is 0 Å². The second kappa shape index (κ2) is 10.8. The van der Waals surface area contributed by atoms with Gasteiger partial charge < -0.3 is 25.4 Å². The molecule has 3 saturated heterocycles. The van der Waals surface area contributed by atoms with E-state index in [4.69, 9.17) is 4.74 Å². The van der Waals surface area contributed by atoms with Gasteiger partial charge in [-0.15, -0.1) is 0 Å². The maximum atomic E-state index is 14.3. The number of likely N-dealkylation sites (tertiary alicyclic amines) is 1. The number of ether oxygens (including phenoxy) is 1. The number of carbonyl (C=O) groups excluding carboxylic acids is 3. The van der Waals surface area contributed by atoms with Crippen molar-refractivity contribution in [3.8, 4) is 0 Å². The number of halogens is 1. The molecule has 8 atom stereocenters. The van der Waals surface area contributed by atoms with Gasteiger partial charge >= 0.3 is 0 Å². The Kier molecular flexibility index (Phi) is 7.62. The first-order valence-electron chi connectivity index (χ1n) is 13.3. The van der Waals surface area contributed by atoms with Crippen molar-refractivity contribution in [1.82, 2.24) is 10.2 Å². The Balaban J connectivity index is 1.56. The molecular weight excluding hydrogens is 550 g/mol. The molecular formula is C29H34BrN3O5. The summed E-state index contributed by atoms with van der Waals surface area (Å²) in [6.07, 6.45) is 1.54. The van der Waals surface area contributed by atoms with E-state index in [1.165, 1.54) is 4.90 Å². The first-order chi connectivity index (χ1) is 18.3.